The van der Waals surface area contributed by atoms with Crippen LogP contribution in [0.4, 0.5) is 13.2 Å². The van der Waals surface area contributed by atoms with Crippen molar-refractivity contribution < 1.29 is 17.9 Å². The molecule has 0 aliphatic heterocycles. The fourth-order valence-corrected chi connectivity index (χ4v) is 0.906. The molecule has 0 radical (unpaired) electrons. The second-order valence-corrected chi connectivity index (χ2v) is 2.71. The number of nitrogens with zero attached hydrogens (tertiary/aromatic N) is 1. The van der Waals surface area contributed by atoms with E-state index in [1.165, 1.54) is 6.07 Å². The van der Waals surface area contributed by atoms with Crippen LogP contribution in [0, 0.1) is 17.1 Å². The Morgan fingerprint density at radius 3 is 2.57 bits per heavy atom. The number of hydrogen-bond acceptors (Lipinski definition) is 2. The maximum Gasteiger partial charge on any atom is 0.487 e. The molecule has 1 aromatic carbocycles. The van der Waals surface area contributed by atoms with Crippen molar-refractivity contribution in [1.82, 2.24) is 0 Å². The number of hydrogen-bond donors (Lipinski definition) is 0. The summed E-state index contributed by atoms with van der Waals surface area (Å²) in [5.74, 6) is -1.53. The number of benzene rings is 1. The standard InChI is InChI=1S/C8H3ClF3NO/c9-8(11,12)14-7-3-1-2-6(10)5(7)4-13/h1-3H. The SMILES string of the molecule is N#Cc1c(F)cccc1OC(F)(F)Cl. The van der Waals surface area contributed by atoms with Gasteiger partial charge in [0.2, 0.25) is 0 Å². The first kappa shape index (κ1) is 10.7. The number of halogens is 4. The van der Waals surface area contributed by atoms with Crippen LogP contribution in [0.3, 0.4) is 0 Å². The average molecular weight is 222 g/mol. The monoisotopic (exact) mass is 221 g/mol. The molecule has 0 bridgehead atoms. The lowest BCUT2D eigenvalue weighted by atomic mass is 10.2. The van der Waals surface area contributed by atoms with Crippen LogP contribution in [-0.2, 0) is 0 Å². The normalized spacial score (nSPS) is 10.8. The van der Waals surface area contributed by atoms with Gasteiger partial charge in [-0.25, -0.2) is 4.39 Å². The summed E-state index contributed by atoms with van der Waals surface area (Å²) in [5.41, 5.74) is -4.56. The maximum atomic E-state index is 12.8. The fourth-order valence-electron chi connectivity index (χ4n) is 0.823. The van der Waals surface area contributed by atoms with Gasteiger partial charge in [0.25, 0.3) is 0 Å². The Morgan fingerprint density at radius 1 is 1.43 bits per heavy atom. The highest BCUT2D eigenvalue weighted by molar-refractivity contribution is 6.20. The van der Waals surface area contributed by atoms with Crippen molar-refractivity contribution in [3.63, 3.8) is 0 Å². The predicted octanol–water partition coefficient (Wildman–Crippen LogP) is 2.87. The Morgan fingerprint density at radius 2 is 2.07 bits per heavy atom. The maximum absolute atomic E-state index is 12.8. The van der Waals surface area contributed by atoms with Gasteiger partial charge >= 0.3 is 5.57 Å². The third-order valence-electron chi connectivity index (χ3n) is 1.31. The summed E-state index contributed by atoms with van der Waals surface area (Å²) < 4.78 is 41.0. The van der Waals surface area contributed by atoms with Crippen LogP contribution in [0.15, 0.2) is 18.2 Å². The zero-order valence-electron chi connectivity index (χ0n) is 6.60. The van der Waals surface area contributed by atoms with E-state index in [0.29, 0.717) is 0 Å². The highest BCUT2D eigenvalue weighted by Crippen LogP contribution is 2.28. The van der Waals surface area contributed by atoms with E-state index >= 15 is 0 Å². The van der Waals surface area contributed by atoms with E-state index in [0.717, 1.165) is 18.2 Å². The zero-order chi connectivity index (χ0) is 10.8. The third-order valence-corrected chi connectivity index (χ3v) is 1.39. The third kappa shape index (κ3) is 2.54. The van der Waals surface area contributed by atoms with Gasteiger partial charge in [-0.05, 0) is 12.1 Å². The van der Waals surface area contributed by atoms with Crippen molar-refractivity contribution in [2.45, 2.75) is 5.57 Å². The molecule has 0 heterocycles. The van der Waals surface area contributed by atoms with Gasteiger partial charge in [-0.15, -0.1) is 8.78 Å². The lowest BCUT2D eigenvalue weighted by molar-refractivity contribution is -0.0967. The minimum absolute atomic E-state index is 0.590. The minimum Gasteiger partial charge on any atom is -0.418 e. The molecule has 0 atom stereocenters. The molecule has 0 saturated carbocycles. The van der Waals surface area contributed by atoms with Gasteiger partial charge in [0.15, 0.2) is 0 Å². The molecule has 6 heteroatoms. The first-order valence-corrected chi connectivity index (χ1v) is 3.76. The number of nitriles is 1. The van der Waals surface area contributed by atoms with Gasteiger partial charge in [0, 0.05) is 11.6 Å². The zero-order valence-corrected chi connectivity index (χ0v) is 7.36. The highest BCUT2D eigenvalue weighted by Gasteiger charge is 2.29. The summed E-state index contributed by atoms with van der Waals surface area (Å²) in [6.45, 7) is 0. The molecule has 0 saturated heterocycles. The van der Waals surface area contributed by atoms with Crippen LogP contribution in [0.2, 0.25) is 0 Å². The lowest BCUT2D eigenvalue weighted by Crippen LogP contribution is -2.16. The Kier molecular flexibility index (Phi) is 2.87. The Hall–Kier alpha value is -1.41. The first-order chi connectivity index (χ1) is 6.44. The molecule has 0 N–H and O–H groups in total. The summed E-state index contributed by atoms with van der Waals surface area (Å²) in [5, 5.41) is 8.44. The number of rotatable bonds is 2. The van der Waals surface area contributed by atoms with E-state index in [1.54, 1.807) is 0 Å². The van der Waals surface area contributed by atoms with E-state index in [4.69, 9.17) is 5.26 Å². The molecule has 1 rings (SSSR count). The average Bonchev–Trinajstić information content (AvgIpc) is 2.01. The van der Waals surface area contributed by atoms with Crippen LogP contribution in [0.1, 0.15) is 5.56 Å². The highest BCUT2D eigenvalue weighted by atomic mass is 35.5. The van der Waals surface area contributed by atoms with Crippen LogP contribution in [0.25, 0.3) is 0 Å². The molecule has 0 aromatic heterocycles. The molecule has 0 fully saturated rings. The van der Waals surface area contributed by atoms with Crippen LogP contribution in [0.5, 0.6) is 5.75 Å². The Labute approximate surface area is 82.5 Å². The first-order valence-electron chi connectivity index (χ1n) is 3.38. The molecule has 0 aliphatic rings. The van der Waals surface area contributed by atoms with Crippen molar-refractivity contribution >= 4 is 11.6 Å². The van der Waals surface area contributed by atoms with Crippen LogP contribution >= 0.6 is 11.6 Å². The largest absolute Gasteiger partial charge is 0.487 e. The van der Waals surface area contributed by atoms with Gasteiger partial charge in [-0.1, -0.05) is 6.07 Å². The second kappa shape index (κ2) is 3.76. The molecule has 74 valence electrons. The summed E-state index contributed by atoms with van der Waals surface area (Å²) in [7, 11) is 0. The summed E-state index contributed by atoms with van der Waals surface area (Å²) >= 11 is 4.46. The summed E-state index contributed by atoms with van der Waals surface area (Å²) in [4.78, 5) is 0. The molecule has 1 aromatic rings. The Bertz CT molecular complexity index is 383. The van der Waals surface area contributed by atoms with Gasteiger partial charge in [-0.2, -0.15) is 5.26 Å². The smallest absolute Gasteiger partial charge is 0.418 e. The van der Waals surface area contributed by atoms with Crippen LogP contribution < -0.4 is 4.74 Å². The fraction of sp³-hybridized carbons (Fsp3) is 0.125. The lowest BCUT2D eigenvalue weighted by Gasteiger charge is -2.11. The predicted molar refractivity (Wildman–Crippen MR) is 42.5 cm³/mol. The van der Waals surface area contributed by atoms with E-state index in [1.807, 2.05) is 0 Å². The molecular weight excluding hydrogens is 219 g/mol. The van der Waals surface area contributed by atoms with E-state index in [-0.39, 0.29) is 0 Å². The van der Waals surface area contributed by atoms with Gasteiger partial charge in [0.1, 0.15) is 23.2 Å². The van der Waals surface area contributed by atoms with Crippen molar-refractivity contribution in [3.8, 4) is 11.8 Å². The molecule has 2 nitrogen and oxygen atoms in total. The number of alkyl halides is 3. The molecule has 0 amide bonds. The van der Waals surface area contributed by atoms with E-state index in [9.17, 15) is 13.2 Å². The molecule has 0 spiro atoms. The minimum atomic E-state index is -3.96. The second-order valence-electron chi connectivity index (χ2n) is 2.27. The van der Waals surface area contributed by atoms with E-state index in [2.05, 4.69) is 16.3 Å². The van der Waals surface area contributed by atoms with E-state index < -0.39 is 22.7 Å². The van der Waals surface area contributed by atoms with Crippen molar-refractivity contribution in [2.24, 2.45) is 0 Å². The van der Waals surface area contributed by atoms with Gasteiger partial charge in [-0.3, -0.25) is 0 Å². The van der Waals surface area contributed by atoms with Gasteiger partial charge in [0.05, 0.1) is 0 Å². The van der Waals surface area contributed by atoms with Crippen LogP contribution in [-0.4, -0.2) is 5.57 Å². The quantitative estimate of drug-likeness (QED) is 0.720. The molecule has 0 aliphatic carbocycles. The summed E-state index contributed by atoms with van der Waals surface area (Å²) in [6, 6.07) is 4.51. The topological polar surface area (TPSA) is 33.0 Å². The van der Waals surface area contributed by atoms with Crippen molar-refractivity contribution in [1.29, 1.82) is 5.26 Å². The van der Waals surface area contributed by atoms with Crippen molar-refractivity contribution in [2.75, 3.05) is 0 Å². The van der Waals surface area contributed by atoms with Gasteiger partial charge < -0.3 is 4.74 Å². The summed E-state index contributed by atoms with van der Waals surface area (Å²) in [6.07, 6.45) is 0. The molecule has 0 unspecified atom stereocenters. The molecule has 14 heavy (non-hydrogen) atoms. The van der Waals surface area contributed by atoms with Crippen molar-refractivity contribution in [3.05, 3.63) is 29.6 Å². The number of ether oxygens (including phenoxy) is 1. The Balaban J connectivity index is 3.10. The molecular formula is C8H3ClF3NO.